The SMILES string of the molecule is CCNC(CO)(CCN(C)C(C)CC)c1ccccc1. The van der Waals surface area contributed by atoms with Gasteiger partial charge in [0.1, 0.15) is 0 Å². The standard InChI is InChI=1S/C17H30N2O/c1-5-15(3)19(4)13-12-17(14-20,18-6-2)16-10-8-7-9-11-16/h7-11,15,18,20H,5-6,12-14H2,1-4H3. The quantitative estimate of drug-likeness (QED) is 0.729. The van der Waals surface area contributed by atoms with E-state index in [1.807, 2.05) is 18.2 Å². The van der Waals surface area contributed by atoms with Crippen molar-refractivity contribution >= 4 is 0 Å². The van der Waals surface area contributed by atoms with Crippen molar-refractivity contribution in [2.24, 2.45) is 0 Å². The van der Waals surface area contributed by atoms with Crippen LogP contribution in [0.15, 0.2) is 30.3 Å². The topological polar surface area (TPSA) is 35.5 Å². The summed E-state index contributed by atoms with van der Waals surface area (Å²) in [4.78, 5) is 2.37. The molecule has 20 heavy (non-hydrogen) atoms. The Bertz CT molecular complexity index is 369. The molecule has 2 unspecified atom stereocenters. The number of rotatable bonds is 9. The van der Waals surface area contributed by atoms with E-state index in [0.29, 0.717) is 6.04 Å². The number of likely N-dealkylation sites (N-methyl/N-ethyl adjacent to an activating group) is 1. The van der Waals surface area contributed by atoms with Gasteiger partial charge in [-0.2, -0.15) is 0 Å². The average Bonchev–Trinajstić information content (AvgIpc) is 2.51. The Kier molecular flexibility index (Phi) is 7.20. The number of hydrogen-bond acceptors (Lipinski definition) is 3. The molecule has 2 atom stereocenters. The highest BCUT2D eigenvalue weighted by atomic mass is 16.3. The van der Waals surface area contributed by atoms with Crippen LogP contribution in [0.3, 0.4) is 0 Å². The number of aliphatic hydroxyl groups excluding tert-OH is 1. The molecule has 0 aliphatic carbocycles. The van der Waals surface area contributed by atoms with Crippen LogP contribution in [0.5, 0.6) is 0 Å². The Morgan fingerprint density at radius 3 is 2.40 bits per heavy atom. The van der Waals surface area contributed by atoms with Gasteiger partial charge in [0.25, 0.3) is 0 Å². The molecule has 1 rings (SSSR count). The fraction of sp³-hybridized carbons (Fsp3) is 0.647. The lowest BCUT2D eigenvalue weighted by molar-refractivity contribution is 0.130. The summed E-state index contributed by atoms with van der Waals surface area (Å²) < 4.78 is 0. The lowest BCUT2D eigenvalue weighted by Gasteiger charge is -2.36. The molecular weight excluding hydrogens is 248 g/mol. The van der Waals surface area contributed by atoms with Crippen molar-refractivity contribution in [2.45, 2.75) is 45.2 Å². The highest BCUT2D eigenvalue weighted by molar-refractivity contribution is 5.24. The molecule has 0 saturated heterocycles. The van der Waals surface area contributed by atoms with Gasteiger partial charge in [0.05, 0.1) is 12.1 Å². The van der Waals surface area contributed by atoms with Crippen LogP contribution in [0, 0.1) is 0 Å². The minimum Gasteiger partial charge on any atom is -0.394 e. The van der Waals surface area contributed by atoms with Gasteiger partial charge in [-0.25, -0.2) is 0 Å². The van der Waals surface area contributed by atoms with Crippen molar-refractivity contribution in [3.05, 3.63) is 35.9 Å². The summed E-state index contributed by atoms with van der Waals surface area (Å²) in [6, 6.07) is 10.9. The molecule has 0 saturated carbocycles. The minimum atomic E-state index is -0.336. The number of nitrogens with zero attached hydrogens (tertiary/aromatic N) is 1. The maximum absolute atomic E-state index is 9.99. The van der Waals surface area contributed by atoms with Gasteiger partial charge in [-0.15, -0.1) is 0 Å². The van der Waals surface area contributed by atoms with Gasteiger partial charge in [-0.3, -0.25) is 0 Å². The number of nitrogens with one attached hydrogen (secondary N) is 1. The monoisotopic (exact) mass is 278 g/mol. The van der Waals surface area contributed by atoms with E-state index in [2.05, 4.69) is 50.2 Å². The zero-order chi connectivity index (χ0) is 15.0. The largest absolute Gasteiger partial charge is 0.394 e. The Morgan fingerprint density at radius 2 is 1.90 bits per heavy atom. The predicted molar refractivity (Wildman–Crippen MR) is 85.9 cm³/mol. The van der Waals surface area contributed by atoms with E-state index in [9.17, 15) is 5.11 Å². The van der Waals surface area contributed by atoms with E-state index in [4.69, 9.17) is 0 Å². The van der Waals surface area contributed by atoms with Crippen molar-refractivity contribution in [2.75, 3.05) is 26.7 Å². The Balaban J connectivity index is 2.84. The van der Waals surface area contributed by atoms with Crippen LogP contribution in [-0.2, 0) is 5.54 Å². The maximum Gasteiger partial charge on any atom is 0.0681 e. The summed E-state index contributed by atoms with van der Waals surface area (Å²) in [6.07, 6.45) is 2.05. The summed E-state index contributed by atoms with van der Waals surface area (Å²) >= 11 is 0. The van der Waals surface area contributed by atoms with Crippen LogP contribution in [0.2, 0.25) is 0 Å². The Morgan fingerprint density at radius 1 is 1.25 bits per heavy atom. The van der Waals surface area contributed by atoms with E-state index in [1.54, 1.807) is 0 Å². The van der Waals surface area contributed by atoms with Gasteiger partial charge in [-0.05, 0) is 38.9 Å². The third-order valence-corrected chi connectivity index (χ3v) is 4.35. The molecule has 114 valence electrons. The first kappa shape index (κ1) is 17.2. The summed E-state index contributed by atoms with van der Waals surface area (Å²) in [5.74, 6) is 0. The van der Waals surface area contributed by atoms with Gasteiger partial charge in [0, 0.05) is 12.6 Å². The summed E-state index contributed by atoms with van der Waals surface area (Å²) in [5, 5.41) is 13.5. The third kappa shape index (κ3) is 4.30. The van der Waals surface area contributed by atoms with Crippen molar-refractivity contribution in [1.82, 2.24) is 10.2 Å². The molecular formula is C17H30N2O. The molecule has 0 spiro atoms. The highest BCUT2D eigenvalue weighted by Crippen LogP contribution is 2.25. The molecule has 0 amide bonds. The lowest BCUT2D eigenvalue weighted by Crippen LogP contribution is -2.48. The molecule has 2 N–H and O–H groups in total. The van der Waals surface area contributed by atoms with Crippen molar-refractivity contribution < 1.29 is 5.11 Å². The first-order chi connectivity index (χ1) is 9.59. The number of hydrogen-bond donors (Lipinski definition) is 2. The van der Waals surface area contributed by atoms with Crippen LogP contribution in [0.1, 0.15) is 39.2 Å². The second-order valence-electron chi connectivity index (χ2n) is 5.62. The normalized spacial score (nSPS) is 16.1. The molecule has 0 heterocycles. The highest BCUT2D eigenvalue weighted by Gasteiger charge is 2.30. The first-order valence-corrected chi connectivity index (χ1v) is 7.71. The van der Waals surface area contributed by atoms with E-state index in [-0.39, 0.29) is 12.1 Å². The van der Waals surface area contributed by atoms with E-state index in [0.717, 1.165) is 25.9 Å². The second kappa shape index (κ2) is 8.40. The molecule has 0 aliphatic heterocycles. The summed E-state index contributed by atoms with van der Waals surface area (Å²) in [6.45, 7) is 8.49. The van der Waals surface area contributed by atoms with Gasteiger partial charge in [0.2, 0.25) is 0 Å². The number of benzene rings is 1. The smallest absolute Gasteiger partial charge is 0.0681 e. The molecule has 3 nitrogen and oxygen atoms in total. The average molecular weight is 278 g/mol. The Hall–Kier alpha value is -0.900. The summed E-state index contributed by atoms with van der Waals surface area (Å²) in [5.41, 5.74) is 0.833. The molecule has 3 heteroatoms. The lowest BCUT2D eigenvalue weighted by atomic mass is 9.87. The van der Waals surface area contributed by atoms with Crippen LogP contribution >= 0.6 is 0 Å². The van der Waals surface area contributed by atoms with Gasteiger partial charge in [-0.1, -0.05) is 44.2 Å². The van der Waals surface area contributed by atoms with Crippen molar-refractivity contribution in [3.8, 4) is 0 Å². The van der Waals surface area contributed by atoms with Crippen LogP contribution in [0.25, 0.3) is 0 Å². The summed E-state index contributed by atoms with van der Waals surface area (Å²) in [7, 11) is 2.16. The minimum absolute atomic E-state index is 0.124. The van der Waals surface area contributed by atoms with Gasteiger partial charge >= 0.3 is 0 Å². The number of aliphatic hydroxyl groups is 1. The fourth-order valence-electron chi connectivity index (χ4n) is 2.56. The van der Waals surface area contributed by atoms with Crippen LogP contribution in [0.4, 0.5) is 0 Å². The van der Waals surface area contributed by atoms with Crippen LogP contribution in [-0.4, -0.2) is 42.8 Å². The first-order valence-electron chi connectivity index (χ1n) is 7.71. The van der Waals surface area contributed by atoms with Gasteiger partial charge < -0.3 is 15.3 Å². The van der Waals surface area contributed by atoms with Gasteiger partial charge in [0.15, 0.2) is 0 Å². The second-order valence-corrected chi connectivity index (χ2v) is 5.62. The molecule has 0 aliphatic rings. The molecule has 1 aromatic rings. The van der Waals surface area contributed by atoms with E-state index in [1.165, 1.54) is 5.56 Å². The Labute approximate surface area is 124 Å². The molecule has 0 aromatic heterocycles. The fourth-order valence-corrected chi connectivity index (χ4v) is 2.56. The van der Waals surface area contributed by atoms with E-state index < -0.39 is 0 Å². The molecule has 0 bridgehead atoms. The predicted octanol–water partition coefficient (Wildman–Crippen LogP) is 2.60. The van der Waals surface area contributed by atoms with E-state index >= 15 is 0 Å². The molecule has 0 fully saturated rings. The molecule has 0 radical (unpaired) electrons. The maximum atomic E-state index is 9.99. The van der Waals surface area contributed by atoms with Crippen molar-refractivity contribution in [1.29, 1.82) is 0 Å². The zero-order valence-electron chi connectivity index (χ0n) is 13.4. The molecule has 1 aromatic carbocycles. The zero-order valence-corrected chi connectivity index (χ0v) is 13.4. The van der Waals surface area contributed by atoms with Crippen LogP contribution < -0.4 is 5.32 Å². The third-order valence-electron chi connectivity index (χ3n) is 4.35. The van der Waals surface area contributed by atoms with Crippen molar-refractivity contribution in [3.63, 3.8) is 0 Å².